The van der Waals surface area contributed by atoms with Crippen LogP contribution >= 0.6 is 23.2 Å². The highest BCUT2D eigenvalue weighted by atomic mass is 35.5. The number of halogens is 2. The summed E-state index contributed by atoms with van der Waals surface area (Å²) in [7, 11) is 4.27. The molecule has 1 aromatic carbocycles. The monoisotopic (exact) mass is 396 g/mol. The Morgan fingerprint density at radius 2 is 1.50 bits per heavy atom. The van der Waals surface area contributed by atoms with E-state index in [1.54, 1.807) is 0 Å². The number of nitrogens with zero attached hydrogens (tertiary/aromatic N) is 2. The Balaban J connectivity index is 1.93. The van der Waals surface area contributed by atoms with Gasteiger partial charge in [0.05, 0.1) is 16.8 Å². The van der Waals surface area contributed by atoms with E-state index in [9.17, 15) is 4.79 Å². The van der Waals surface area contributed by atoms with Gasteiger partial charge in [0.15, 0.2) is 0 Å². The minimum Gasteiger partial charge on any atom is -0.308 e. The van der Waals surface area contributed by atoms with Crippen LogP contribution < -0.4 is 4.90 Å². The van der Waals surface area contributed by atoms with E-state index in [1.807, 2.05) is 18.2 Å². The van der Waals surface area contributed by atoms with Gasteiger partial charge in [-0.05, 0) is 51.9 Å². The Labute approximate surface area is 167 Å². The normalized spacial score (nSPS) is 32.4. The number of alkyl halides is 2. The minimum atomic E-state index is -0.109. The summed E-state index contributed by atoms with van der Waals surface area (Å²) in [4.78, 5) is 18.0. The van der Waals surface area contributed by atoms with Crippen molar-refractivity contribution in [3.8, 4) is 0 Å². The van der Waals surface area contributed by atoms with Crippen LogP contribution in [0.5, 0.6) is 0 Å². The number of benzene rings is 1. The third kappa shape index (κ3) is 4.37. The molecule has 0 aliphatic heterocycles. The summed E-state index contributed by atoms with van der Waals surface area (Å²) in [6, 6.07) is 10.7. The molecule has 144 valence electrons. The maximum atomic E-state index is 13.6. The number of hydrogen-bond donors (Lipinski definition) is 0. The average Bonchev–Trinajstić information content (AvgIpc) is 2.83. The smallest absolute Gasteiger partial charge is 0.230 e. The van der Waals surface area contributed by atoms with Crippen molar-refractivity contribution < 1.29 is 4.79 Å². The number of hydrogen-bond acceptors (Lipinski definition) is 2. The zero-order valence-corrected chi connectivity index (χ0v) is 17.3. The highest BCUT2D eigenvalue weighted by Crippen LogP contribution is 2.38. The van der Waals surface area contributed by atoms with Gasteiger partial charge < -0.3 is 9.80 Å². The van der Waals surface area contributed by atoms with E-state index in [-0.39, 0.29) is 28.6 Å². The van der Waals surface area contributed by atoms with Crippen LogP contribution in [0.1, 0.15) is 44.9 Å². The second kappa shape index (κ2) is 8.95. The molecule has 0 bridgehead atoms. The molecular formula is C21H30Cl2N2O. The summed E-state index contributed by atoms with van der Waals surface area (Å²) in [5, 5.41) is -0.218. The van der Waals surface area contributed by atoms with Crippen LogP contribution in [-0.4, -0.2) is 47.7 Å². The molecule has 5 heteroatoms. The van der Waals surface area contributed by atoms with Crippen LogP contribution in [0.3, 0.4) is 0 Å². The van der Waals surface area contributed by atoms with Gasteiger partial charge in [-0.25, -0.2) is 0 Å². The van der Waals surface area contributed by atoms with Crippen LogP contribution in [0.15, 0.2) is 30.3 Å². The molecule has 1 amide bonds. The molecule has 0 N–H and O–H groups in total. The van der Waals surface area contributed by atoms with E-state index in [4.69, 9.17) is 23.2 Å². The maximum absolute atomic E-state index is 13.6. The Morgan fingerprint density at radius 1 is 0.923 bits per heavy atom. The van der Waals surface area contributed by atoms with Crippen molar-refractivity contribution in [3.05, 3.63) is 30.3 Å². The highest BCUT2D eigenvalue weighted by Gasteiger charge is 2.41. The molecule has 0 aromatic heterocycles. The molecule has 0 spiro atoms. The number of carbonyl (C=O) groups is 1. The van der Waals surface area contributed by atoms with Crippen LogP contribution in [0.25, 0.3) is 0 Å². The fraction of sp³-hybridized carbons (Fsp3) is 0.667. The second-order valence-electron chi connectivity index (χ2n) is 7.98. The van der Waals surface area contributed by atoms with Gasteiger partial charge in [-0.2, -0.15) is 0 Å². The summed E-state index contributed by atoms with van der Waals surface area (Å²) in [5.74, 6) is 0.120. The number of anilines is 1. The van der Waals surface area contributed by atoms with Crippen LogP contribution in [0, 0.1) is 5.92 Å². The van der Waals surface area contributed by atoms with E-state index in [0.717, 1.165) is 18.5 Å². The second-order valence-corrected chi connectivity index (χ2v) is 9.10. The Bertz CT molecular complexity index is 585. The van der Waals surface area contributed by atoms with Gasteiger partial charge in [0.2, 0.25) is 5.91 Å². The molecule has 4 atom stereocenters. The number of para-hydroxylation sites is 1. The van der Waals surface area contributed by atoms with Crippen molar-refractivity contribution in [1.82, 2.24) is 4.90 Å². The zero-order chi connectivity index (χ0) is 18.7. The van der Waals surface area contributed by atoms with Gasteiger partial charge >= 0.3 is 0 Å². The first-order valence-corrected chi connectivity index (χ1v) is 10.7. The first-order chi connectivity index (χ1) is 12.5. The lowest BCUT2D eigenvalue weighted by Gasteiger charge is -2.40. The molecule has 1 aromatic rings. The third-order valence-corrected chi connectivity index (χ3v) is 7.07. The summed E-state index contributed by atoms with van der Waals surface area (Å²) in [6.07, 6.45) is 7.18. The topological polar surface area (TPSA) is 23.6 Å². The Morgan fingerprint density at radius 3 is 2.08 bits per heavy atom. The molecule has 0 heterocycles. The predicted molar refractivity (Wildman–Crippen MR) is 110 cm³/mol. The van der Waals surface area contributed by atoms with Crippen LogP contribution in [0.4, 0.5) is 5.69 Å². The number of carbonyl (C=O) groups excluding carboxylic acids is 1. The lowest BCUT2D eigenvalue weighted by molar-refractivity contribution is -0.123. The lowest BCUT2D eigenvalue weighted by atomic mass is 9.96. The fourth-order valence-corrected chi connectivity index (χ4v) is 5.21. The van der Waals surface area contributed by atoms with Crippen molar-refractivity contribution in [2.45, 2.75) is 67.8 Å². The van der Waals surface area contributed by atoms with Gasteiger partial charge in [0.1, 0.15) is 0 Å². The van der Waals surface area contributed by atoms with Gasteiger partial charge in [-0.15, -0.1) is 23.2 Å². The molecule has 3 rings (SSSR count). The molecule has 4 unspecified atom stereocenters. The van der Waals surface area contributed by atoms with Crippen molar-refractivity contribution in [3.63, 3.8) is 0 Å². The summed E-state index contributed by atoms with van der Waals surface area (Å²) in [6.45, 7) is 0. The Kier molecular flexibility index (Phi) is 6.87. The SMILES string of the molecule is CN(C)C1CCCCCC1N(C(=O)C1CC(Cl)C(Cl)C1)c1ccccc1. The molecule has 26 heavy (non-hydrogen) atoms. The standard InChI is InChI=1S/C21H30Cl2N2O/c1-24(2)19-11-7-4-8-12-20(19)25(16-9-5-3-6-10-16)21(26)15-13-17(22)18(23)14-15/h3,5-6,9-10,15,17-20H,4,7-8,11-14H2,1-2H3. The first kappa shape index (κ1) is 20.0. The van der Waals surface area contributed by atoms with E-state index in [1.165, 1.54) is 19.3 Å². The molecule has 2 fully saturated rings. The quantitative estimate of drug-likeness (QED) is 0.533. The zero-order valence-electron chi connectivity index (χ0n) is 15.8. The molecule has 0 radical (unpaired) electrons. The van der Waals surface area contributed by atoms with Crippen LogP contribution in [0.2, 0.25) is 0 Å². The summed E-state index contributed by atoms with van der Waals surface area (Å²) < 4.78 is 0. The lowest BCUT2D eigenvalue weighted by Crippen LogP contribution is -2.53. The largest absolute Gasteiger partial charge is 0.308 e. The van der Waals surface area contributed by atoms with Crippen molar-refractivity contribution in [2.75, 3.05) is 19.0 Å². The maximum Gasteiger partial charge on any atom is 0.230 e. The van der Waals surface area contributed by atoms with Gasteiger partial charge in [-0.1, -0.05) is 37.5 Å². The van der Waals surface area contributed by atoms with Crippen molar-refractivity contribution in [1.29, 1.82) is 0 Å². The van der Waals surface area contributed by atoms with Crippen molar-refractivity contribution in [2.24, 2.45) is 5.92 Å². The first-order valence-electron chi connectivity index (χ1n) is 9.81. The van der Waals surface area contributed by atoms with Gasteiger partial charge in [0.25, 0.3) is 0 Å². The predicted octanol–water partition coefficient (Wildman–Crippen LogP) is 4.91. The van der Waals surface area contributed by atoms with E-state index >= 15 is 0 Å². The summed E-state index contributed by atoms with van der Waals surface area (Å²) in [5.41, 5.74) is 1.00. The van der Waals surface area contributed by atoms with E-state index in [2.05, 4.69) is 36.0 Å². The molecule has 2 aliphatic rings. The highest BCUT2D eigenvalue weighted by molar-refractivity contribution is 6.30. The summed E-state index contributed by atoms with van der Waals surface area (Å²) >= 11 is 12.7. The van der Waals surface area contributed by atoms with E-state index < -0.39 is 0 Å². The average molecular weight is 397 g/mol. The van der Waals surface area contributed by atoms with Gasteiger partial charge in [-0.3, -0.25) is 4.79 Å². The molecule has 3 nitrogen and oxygen atoms in total. The number of likely N-dealkylation sites (N-methyl/N-ethyl adjacent to an activating group) is 1. The molecule has 2 aliphatic carbocycles. The third-order valence-electron chi connectivity index (χ3n) is 5.97. The molecular weight excluding hydrogens is 367 g/mol. The minimum absolute atomic E-state index is 0.0775. The van der Waals surface area contributed by atoms with E-state index in [0.29, 0.717) is 18.9 Å². The Hall–Kier alpha value is -0.770. The van der Waals surface area contributed by atoms with Crippen LogP contribution in [-0.2, 0) is 4.79 Å². The van der Waals surface area contributed by atoms with Crippen molar-refractivity contribution >= 4 is 34.8 Å². The molecule has 0 saturated heterocycles. The number of rotatable bonds is 4. The van der Waals surface area contributed by atoms with Gasteiger partial charge in [0, 0.05) is 17.6 Å². The molecule has 2 saturated carbocycles. The number of amides is 1. The fourth-order valence-electron chi connectivity index (χ4n) is 4.58.